The number of benzene rings is 1. The van der Waals surface area contributed by atoms with Gasteiger partial charge in [-0.3, -0.25) is 5.32 Å². The normalized spacial score (nSPS) is 19.1. The molecule has 1 aliphatic carbocycles. The lowest BCUT2D eigenvalue weighted by molar-refractivity contribution is -0.163. The van der Waals surface area contributed by atoms with Crippen molar-refractivity contribution < 1.29 is 19.4 Å². The number of aliphatic carboxylic acids is 1. The number of carboxylic acids is 1. The number of fused-ring (bicyclic) bond motifs is 1. The number of esters is 1. The lowest BCUT2D eigenvalue weighted by Crippen LogP contribution is -2.48. The fraction of sp³-hybridized carbons (Fsp3) is 0.529. The molecule has 0 fully saturated rings. The third-order valence-electron chi connectivity index (χ3n) is 3.63. The van der Waals surface area contributed by atoms with Crippen molar-refractivity contribution in [3.8, 4) is 0 Å². The van der Waals surface area contributed by atoms with Crippen molar-refractivity contribution in [2.75, 3.05) is 0 Å². The fourth-order valence-corrected chi connectivity index (χ4v) is 2.73. The second-order valence-electron chi connectivity index (χ2n) is 6.62. The zero-order valence-corrected chi connectivity index (χ0v) is 13.3. The Morgan fingerprint density at radius 2 is 2.00 bits per heavy atom. The summed E-state index contributed by atoms with van der Waals surface area (Å²) < 4.78 is 5.21. The maximum Gasteiger partial charge on any atom is 0.335 e. The van der Waals surface area contributed by atoms with Gasteiger partial charge in [0.25, 0.3) is 0 Å². The first-order chi connectivity index (χ1) is 10.3. The van der Waals surface area contributed by atoms with E-state index in [1.807, 2.05) is 24.3 Å². The molecule has 0 spiro atoms. The summed E-state index contributed by atoms with van der Waals surface area (Å²) in [5.74, 6) is -1.96. The summed E-state index contributed by atoms with van der Waals surface area (Å²) in [4.78, 5) is 23.6. The molecule has 0 bridgehead atoms. The first kappa shape index (κ1) is 16.5. The quantitative estimate of drug-likeness (QED) is 0.660. The number of ether oxygens (including phenoxy) is 1. The van der Waals surface area contributed by atoms with Crippen LogP contribution in [-0.4, -0.2) is 28.7 Å². The number of rotatable bonds is 4. The Morgan fingerprint density at radius 3 is 2.64 bits per heavy atom. The van der Waals surface area contributed by atoms with E-state index in [0.29, 0.717) is 0 Å². The third kappa shape index (κ3) is 4.07. The predicted molar refractivity (Wildman–Crippen MR) is 82.5 cm³/mol. The molecule has 22 heavy (non-hydrogen) atoms. The maximum atomic E-state index is 12.1. The predicted octanol–water partition coefficient (Wildman–Crippen LogP) is 2.45. The molecular weight excluding hydrogens is 282 g/mol. The zero-order chi connectivity index (χ0) is 16.3. The average molecular weight is 305 g/mol. The molecule has 2 atom stereocenters. The number of carbonyl (C=O) groups excluding carboxylic acids is 1. The zero-order valence-electron chi connectivity index (χ0n) is 13.3. The van der Waals surface area contributed by atoms with Crippen LogP contribution in [0.4, 0.5) is 0 Å². The smallest absolute Gasteiger partial charge is 0.335 e. The Labute approximate surface area is 130 Å². The number of hydrogen-bond donors (Lipinski definition) is 2. The van der Waals surface area contributed by atoms with E-state index in [0.717, 1.165) is 24.8 Å². The van der Waals surface area contributed by atoms with E-state index in [9.17, 15) is 14.7 Å². The maximum absolute atomic E-state index is 12.1. The summed E-state index contributed by atoms with van der Waals surface area (Å²) in [6.45, 7) is 5.17. The Hall–Kier alpha value is -1.88. The summed E-state index contributed by atoms with van der Waals surface area (Å²) in [7, 11) is 0. The highest BCUT2D eigenvalue weighted by Gasteiger charge is 2.34. The van der Waals surface area contributed by atoms with Crippen molar-refractivity contribution in [1.82, 2.24) is 5.32 Å². The van der Waals surface area contributed by atoms with Gasteiger partial charge in [-0.15, -0.1) is 0 Å². The van der Waals surface area contributed by atoms with Gasteiger partial charge in [0.2, 0.25) is 6.04 Å². The van der Waals surface area contributed by atoms with Crippen molar-refractivity contribution in [2.24, 2.45) is 0 Å². The van der Waals surface area contributed by atoms with Crippen LogP contribution in [-0.2, 0) is 20.7 Å². The molecule has 0 aromatic heterocycles. The first-order valence-corrected chi connectivity index (χ1v) is 7.57. The minimum atomic E-state index is -1.35. The van der Waals surface area contributed by atoms with E-state index in [4.69, 9.17) is 4.74 Å². The molecule has 1 aromatic carbocycles. The molecule has 0 saturated heterocycles. The van der Waals surface area contributed by atoms with Crippen molar-refractivity contribution in [3.63, 3.8) is 0 Å². The van der Waals surface area contributed by atoms with Gasteiger partial charge in [-0.25, -0.2) is 9.59 Å². The molecule has 2 unspecified atom stereocenters. The van der Waals surface area contributed by atoms with Crippen LogP contribution in [0.15, 0.2) is 24.3 Å². The Bertz CT molecular complexity index is 562. The van der Waals surface area contributed by atoms with Crippen LogP contribution in [0.1, 0.15) is 50.8 Å². The van der Waals surface area contributed by atoms with Gasteiger partial charge in [0.1, 0.15) is 5.60 Å². The highest BCUT2D eigenvalue weighted by Crippen LogP contribution is 2.30. The van der Waals surface area contributed by atoms with Gasteiger partial charge < -0.3 is 9.84 Å². The molecular formula is C17H23NO4. The summed E-state index contributed by atoms with van der Waals surface area (Å²) in [5, 5.41) is 12.3. The minimum absolute atomic E-state index is 0.140. The first-order valence-electron chi connectivity index (χ1n) is 7.57. The van der Waals surface area contributed by atoms with Crippen LogP contribution >= 0.6 is 0 Å². The highest BCUT2D eigenvalue weighted by atomic mass is 16.6. The van der Waals surface area contributed by atoms with Gasteiger partial charge in [0.05, 0.1) is 0 Å². The van der Waals surface area contributed by atoms with Gasteiger partial charge in [0.15, 0.2) is 0 Å². The molecule has 5 heteroatoms. The van der Waals surface area contributed by atoms with E-state index >= 15 is 0 Å². The molecule has 0 radical (unpaired) electrons. The van der Waals surface area contributed by atoms with Crippen molar-refractivity contribution in [1.29, 1.82) is 0 Å². The molecule has 0 aliphatic heterocycles. The number of carboxylic acid groups (broad SMARTS) is 1. The van der Waals surface area contributed by atoms with E-state index in [2.05, 4.69) is 5.32 Å². The van der Waals surface area contributed by atoms with E-state index in [-0.39, 0.29) is 6.04 Å². The number of nitrogens with one attached hydrogen (secondary N) is 1. The summed E-state index contributed by atoms with van der Waals surface area (Å²) >= 11 is 0. The van der Waals surface area contributed by atoms with Crippen molar-refractivity contribution >= 4 is 11.9 Å². The van der Waals surface area contributed by atoms with Gasteiger partial charge in [-0.05, 0) is 51.2 Å². The lowest BCUT2D eigenvalue weighted by Gasteiger charge is -2.29. The van der Waals surface area contributed by atoms with Crippen LogP contribution in [0.3, 0.4) is 0 Å². The minimum Gasteiger partial charge on any atom is -0.480 e. The van der Waals surface area contributed by atoms with Crippen molar-refractivity contribution in [3.05, 3.63) is 35.4 Å². The summed E-state index contributed by atoms with van der Waals surface area (Å²) in [6.07, 6.45) is 2.76. The Morgan fingerprint density at radius 1 is 1.32 bits per heavy atom. The molecule has 120 valence electrons. The van der Waals surface area contributed by atoms with Crippen LogP contribution < -0.4 is 5.32 Å². The van der Waals surface area contributed by atoms with E-state index < -0.39 is 23.6 Å². The van der Waals surface area contributed by atoms with E-state index in [1.165, 1.54) is 5.56 Å². The molecule has 0 amide bonds. The monoisotopic (exact) mass is 305 g/mol. The molecule has 0 saturated carbocycles. The standard InChI is InChI=1S/C17H23NO4/c1-17(2,3)22-16(21)14(15(19)20)18-13-10-6-8-11-7-4-5-9-12(11)13/h4-5,7,9,13-14,18H,6,8,10H2,1-3H3,(H,19,20). The molecule has 1 aromatic rings. The van der Waals surface area contributed by atoms with Crippen LogP contribution in [0.25, 0.3) is 0 Å². The molecule has 2 N–H and O–H groups in total. The van der Waals surface area contributed by atoms with Gasteiger partial charge >= 0.3 is 11.9 Å². The highest BCUT2D eigenvalue weighted by molar-refractivity contribution is 5.98. The Kier molecular flexibility index (Phi) is 4.86. The molecule has 2 rings (SSSR count). The third-order valence-corrected chi connectivity index (χ3v) is 3.63. The topological polar surface area (TPSA) is 75.6 Å². The Balaban J connectivity index is 2.16. The second-order valence-corrected chi connectivity index (χ2v) is 6.62. The lowest BCUT2D eigenvalue weighted by atomic mass is 9.87. The summed E-state index contributed by atoms with van der Waals surface area (Å²) in [5.41, 5.74) is 1.57. The summed E-state index contributed by atoms with van der Waals surface area (Å²) in [6, 6.07) is 6.45. The largest absolute Gasteiger partial charge is 0.480 e. The van der Waals surface area contributed by atoms with Crippen LogP contribution in [0, 0.1) is 0 Å². The fourth-order valence-electron chi connectivity index (χ4n) is 2.73. The average Bonchev–Trinajstić information content (AvgIpc) is 2.42. The molecule has 0 heterocycles. The van der Waals surface area contributed by atoms with Crippen LogP contribution in [0.5, 0.6) is 0 Å². The number of aryl methyl sites for hydroxylation is 1. The van der Waals surface area contributed by atoms with Gasteiger partial charge in [-0.2, -0.15) is 0 Å². The molecule has 1 aliphatic rings. The van der Waals surface area contributed by atoms with Gasteiger partial charge in [-0.1, -0.05) is 24.3 Å². The second kappa shape index (κ2) is 6.48. The van der Waals surface area contributed by atoms with Gasteiger partial charge in [0, 0.05) is 6.04 Å². The SMILES string of the molecule is CC(C)(C)OC(=O)C(NC1CCCc2ccccc21)C(=O)O. The number of carbonyl (C=O) groups is 2. The molecule has 5 nitrogen and oxygen atoms in total. The van der Waals surface area contributed by atoms with Crippen LogP contribution in [0.2, 0.25) is 0 Å². The van der Waals surface area contributed by atoms with Crippen molar-refractivity contribution in [2.45, 2.75) is 57.7 Å². The van der Waals surface area contributed by atoms with E-state index in [1.54, 1.807) is 20.8 Å². The number of hydrogen-bond acceptors (Lipinski definition) is 4.